The fourth-order valence-electron chi connectivity index (χ4n) is 4.11. The molecule has 8 nitrogen and oxygen atoms in total. The lowest BCUT2D eigenvalue weighted by atomic mass is 9.83. The van der Waals surface area contributed by atoms with Crippen LogP contribution < -0.4 is 5.32 Å². The van der Waals surface area contributed by atoms with Crippen molar-refractivity contribution in [2.45, 2.75) is 70.7 Å². The molecule has 2 fully saturated rings. The van der Waals surface area contributed by atoms with Crippen LogP contribution in [-0.4, -0.2) is 46.1 Å². The standard InChI is InChI=1S/C21H29N3O5/c1-4-15(3)22-19(25)18-13-29-21(10-8-14(2)9-11-21)23(18)20(26)16-6-5-7-17(12-16)24(27)28/h5-7,12,14-15,18H,4,8-11,13H2,1-3H3,(H,22,25)/t14?,15-,18-,21?/m1/s1. The van der Waals surface area contributed by atoms with Crippen molar-refractivity contribution in [1.82, 2.24) is 10.2 Å². The summed E-state index contributed by atoms with van der Waals surface area (Å²) in [6.45, 7) is 6.20. The van der Waals surface area contributed by atoms with Crippen LogP contribution in [0.2, 0.25) is 0 Å². The average molecular weight is 403 g/mol. The number of carbonyl (C=O) groups excluding carboxylic acids is 2. The van der Waals surface area contributed by atoms with Crippen LogP contribution in [0.15, 0.2) is 24.3 Å². The molecule has 0 bridgehead atoms. The van der Waals surface area contributed by atoms with Gasteiger partial charge < -0.3 is 10.1 Å². The summed E-state index contributed by atoms with van der Waals surface area (Å²) in [4.78, 5) is 38.6. The first-order valence-corrected chi connectivity index (χ1v) is 10.3. The van der Waals surface area contributed by atoms with Crippen molar-refractivity contribution in [3.05, 3.63) is 39.9 Å². The number of nitro groups is 1. The monoisotopic (exact) mass is 403 g/mol. The van der Waals surface area contributed by atoms with Gasteiger partial charge in [0.1, 0.15) is 11.8 Å². The molecule has 158 valence electrons. The van der Waals surface area contributed by atoms with Crippen LogP contribution in [0, 0.1) is 16.0 Å². The highest BCUT2D eigenvalue weighted by Crippen LogP contribution is 2.43. The number of nitrogens with one attached hydrogen (secondary N) is 1. The number of rotatable bonds is 5. The summed E-state index contributed by atoms with van der Waals surface area (Å²) in [5.41, 5.74) is -0.780. The molecule has 0 unspecified atom stereocenters. The lowest BCUT2D eigenvalue weighted by Crippen LogP contribution is -2.57. The molecule has 0 radical (unpaired) electrons. The van der Waals surface area contributed by atoms with Gasteiger partial charge in [-0.1, -0.05) is 19.9 Å². The van der Waals surface area contributed by atoms with E-state index in [2.05, 4.69) is 12.2 Å². The first-order chi connectivity index (χ1) is 13.8. The van der Waals surface area contributed by atoms with E-state index in [9.17, 15) is 19.7 Å². The number of amides is 2. The first-order valence-electron chi connectivity index (χ1n) is 10.3. The molecule has 1 heterocycles. The molecule has 1 aliphatic heterocycles. The maximum atomic E-state index is 13.5. The van der Waals surface area contributed by atoms with E-state index in [4.69, 9.17) is 4.74 Å². The molecular weight excluding hydrogens is 374 g/mol. The molecule has 1 saturated heterocycles. The lowest BCUT2D eigenvalue weighted by molar-refractivity contribution is -0.384. The third kappa shape index (κ3) is 4.27. The van der Waals surface area contributed by atoms with Crippen LogP contribution in [0.4, 0.5) is 5.69 Å². The lowest BCUT2D eigenvalue weighted by Gasteiger charge is -2.43. The highest BCUT2D eigenvalue weighted by Gasteiger charge is 2.53. The second-order valence-electron chi connectivity index (χ2n) is 8.26. The summed E-state index contributed by atoms with van der Waals surface area (Å²) in [6.07, 6.45) is 3.89. The number of nitrogens with zero attached hydrogens (tertiary/aromatic N) is 2. The molecule has 1 aromatic carbocycles. The van der Waals surface area contributed by atoms with Gasteiger partial charge >= 0.3 is 0 Å². The first kappa shape index (κ1) is 21.2. The summed E-state index contributed by atoms with van der Waals surface area (Å²) >= 11 is 0. The maximum absolute atomic E-state index is 13.5. The SMILES string of the molecule is CC[C@@H](C)NC(=O)[C@H]1COC2(CCC(C)CC2)N1C(=O)c1cccc([N+](=O)[O-])c1. The topological polar surface area (TPSA) is 102 Å². The average Bonchev–Trinajstić information content (AvgIpc) is 3.08. The number of nitro benzene ring substituents is 1. The molecule has 2 amide bonds. The van der Waals surface area contributed by atoms with Crippen molar-refractivity contribution < 1.29 is 19.2 Å². The summed E-state index contributed by atoms with van der Waals surface area (Å²) in [5.74, 6) is -0.106. The summed E-state index contributed by atoms with van der Waals surface area (Å²) in [6, 6.07) is 4.90. The smallest absolute Gasteiger partial charge is 0.270 e. The molecular formula is C21H29N3O5. The zero-order valence-electron chi connectivity index (χ0n) is 17.2. The van der Waals surface area contributed by atoms with Crippen molar-refractivity contribution in [1.29, 1.82) is 0 Å². The molecule has 2 aliphatic rings. The predicted molar refractivity (Wildman–Crippen MR) is 107 cm³/mol. The Balaban J connectivity index is 1.95. The number of hydrogen-bond donors (Lipinski definition) is 1. The van der Waals surface area contributed by atoms with Crippen molar-refractivity contribution >= 4 is 17.5 Å². The Morgan fingerprint density at radius 3 is 2.69 bits per heavy atom. The molecule has 1 saturated carbocycles. The van der Waals surface area contributed by atoms with Gasteiger partial charge in [0.05, 0.1) is 11.5 Å². The van der Waals surface area contributed by atoms with E-state index in [0.717, 1.165) is 19.3 Å². The molecule has 2 atom stereocenters. The molecule has 1 N–H and O–H groups in total. The van der Waals surface area contributed by atoms with Crippen LogP contribution in [0.25, 0.3) is 0 Å². The number of hydrogen-bond acceptors (Lipinski definition) is 5. The zero-order chi connectivity index (χ0) is 21.2. The highest BCUT2D eigenvalue weighted by molar-refractivity contribution is 5.99. The van der Waals surface area contributed by atoms with Crippen molar-refractivity contribution in [3.8, 4) is 0 Å². The van der Waals surface area contributed by atoms with E-state index in [0.29, 0.717) is 18.8 Å². The Bertz CT molecular complexity index is 788. The largest absolute Gasteiger partial charge is 0.353 e. The molecule has 1 spiro atoms. The summed E-state index contributed by atoms with van der Waals surface area (Å²) in [7, 11) is 0. The van der Waals surface area contributed by atoms with Crippen molar-refractivity contribution in [2.75, 3.05) is 6.61 Å². The fourth-order valence-corrected chi connectivity index (χ4v) is 4.11. The molecule has 8 heteroatoms. The predicted octanol–water partition coefficient (Wildman–Crippen LogP) is 3.26. The third-order valence-corrected chi connectivity index (χ3v) is 6.14. The van der Waals surface area contributed by atoms with Gasteiger partial charge in [-0.2, -0.15) is 0 Å². The number of non-ortho nitro benzene ring substituents is 1. The van der Waals surface area contributed by atoms with Crippen molar-refractivity contribution in [3.63, 3.8) is 0 Å². The molecule has 29 heavy (non-hydrogen) atoms. The van der Waals surface area contributed by atoms with Crippen molar-refractivity contribution in [2.24, 2.45) is 5.92 Å². The van der Waals surface area contributed by atoms with E-state index in [1.807, 2.05) is 13.8 Å². The highest BCUT2D eigenvalue weighted by atomic mass is 16.6. The Morgan fingerprint density at radius 2 is 2.07 bits per heavy atom. The van der Waals surface area contributed by atoms with Gasteiger partial charge in [0.2, 0.25) is 5.91 Å². The quantitative estimate of drug-likeness (QED) is 0.601. The van der Waals surface area contributed by atoms with Crippen LogP contribution in [-0.2, 0) is 9.53 Å². The van der Waals surface area contributed by atoms with Gasteiger partial charge in [0.25, 0.3) is 11.6 Å². The fraction of sp³-hybridized carbons (Fsp3) is 0.619. The Hall–Kier alpha value is -2.48. The minimum absolute atomic E-state index is 0.0137. The minimum Gasteiger partial charge on any atom is -0.353 e. The van der Waals surface area contributed by atoms with Gasteiger partial charge in [0, 0.05) is 23.7 Å². The normalized spacial score (nSPS) is 27.6. The van der Waals surface area contributed by atoms with E-state index in [1.54, 1.807) is 11.0 Å². The Morgan fingerprint density at radius 1 is 1.38 bits per heavy atom. The van der Waals surface area contributed by atoms with Gasteiger partial charge in [-0.15, -0.1) is 0 Å². The Kier molecular flexibility index (Phi) is 6.21. The van der Waals surface area contributed by atoms with Gasteiger partial charge in [-0.05, 0) is 51.0 Å². The number of carbonyl (C=O) groups is 2. The maximum Gasteiger partial charge on any atom is 0.270 e. The molecule has 3 rings (SSSR count). The van der Waals surface area contributed by atoms with E-state index in [-0.39, 0.29) is 29.8 Å². The molecule has 1 aliphatic carbocycles. The zero-order valence-corrected chi connectivity index (χ0v) is 17.2. The number of ether oxygens (including phenoxy) is 1. The second kappa shape index (κ2) is 8.49. The van der Waals surface area contributed by atoms with Crippen LogP contribution in [0.1, 0.15) is 63.2 Å². The second-order valence-corrected chi connectivity index (χ2v) is 8.26. The van der Waals surface area contributed by atoms with E-state index >= 15 is 0 Å². The van der Waals surface area contributed by atoms with Crippen LogP contribution in [0.5, 0.6) is 0 Å². The van der Waals surface area contributed by atoms with Crippen LogP contribution in [0.3, 0.4) is 0 Å². The Labute approximate surface area is 170 Å². The third-order valence-electron chi connectivity index (χ3n) is 6.14. The molecule has 1 aromatic rings. The van der Waals surface area contributed by atoms with E-state index < -0.39 is 22.6 Å². The van der Waals surface area contributed by atoms with E-state index in [1.165, 1.54) is 18.2 Å². The van der Waals surface area contributed by atoms with Gasteiger partial charge in [-0.25, -0.2) is 0 Å². The summed E-state index contributed by atoms with van der Waals surface area (Å²) in [5, 5.41) is 14.1. The number of benzene rings is 1. The van der Waals surface area contributed by atoms with Crippen LogP contribution >= 0.6 is 0 Å². The summed E-state index contributed by atoms with van der Waals surface area (Å²) < 4.78 is 6.12. The molecule has 0 aromatic heterocycles. The van der Waals surface area contributed by atoms with Gasteiger partial charge in [-0.3, -0.25) is 24.6 Å². The van der Waals surface area contributed by atoms with Gasteiger partial charge in [0.15, 0.2) is 0 Å². The minimum atomic E-state index is -0.828.